The molecule has 4 N–H and O–H groups in total. The second-order valence-electron chi connectivity index (χ2n) is 19.6. The maximum absolute atomic E-state index is 5.02. The summed E-state index contributed by atoms with van der Waals surface area (Å²) in [6.45, 7) is 0. The molecule has 0 saturated carbocycles. The zero-order valence-corrected chi connectivity index (χ0v) is 41.8. The van der Waals surface area contributed by atoms with Crippen LogP contribution in [0, 0.1) is 0 Å². The van der Waals surface area contributed by atoms with Gasteiger partial charge in [0.05, 0.1) is 0 Å². The minimum absolute atomic E-state index is 0.597. The largest absolute Gasteiger partial charge is 0.324 e. The second-order valence-corrected chi connectivity index (χ2v) is 19.6. The van der Waals surface area contributed by atoms with E-state index >= 15 is 0 Å². The van der Waals surface area contributed by atoms with Crippen molar-refractivity contribution in [3.05, 3.63) is 194 Å². The predicted octanol–water partition coefficient (Wildman–Crippen LogP) is 13.7. The van der Waals surface area contributed by atoms with Crippen LogP contribution >= 0.6 is 0 Å². The third-order valence-corrected chi connectivity index (χ3v) is 14.9. The Balaban J connectivity index is 0.000000128. The summed E-state index contributed by atoms with van der Waals surface area (Å²) in [5, 5.41) is 7.64. The molecule has 0 unspecified atom stereocenters. The summed E-state index contributed by atoms with van der Waals surface area (Å²) in [7, 11) is 0. The highest BCUT2D eigenvalue weighted by atomic mass is 15.1. The second kappa shape index (κ2) is 17.0. The number of fused-ring (bicyclic) bond motifs is 40. The maximum Gasteiger partial charge on any atom is 0.164 e. The summed E-state index contributed by atoms with van der Waals surface area (Å²) in [5.74, 6) is 4.78. The molecule has 4 aliphatic heterocycles. The molecule has 16 nitrogen and oxygen atoms in total. The van der Waals surface area contributed by atoms with Gasteiger partial charge in [-0.25, -0.2) is 59.8 Å². The maximum atomic E-state index is 5.02. The molecule has 0 amide bonds. The third-order valence-electron chi connectivity index (χ3n) is 14.9. The number of rotatable bonds is 0. The molecule has 0 saturated heterocycles. The van der Waals surface area contributed by atoms with Crippen molar-refractivity contribution < 1.29 is 0 Å². The summed E-state index contributed by atoms with van der Waals surface area (Å²) in [6.07, 6.45) is 0. The van der Waals surface area contributed by atoms with Crippen LogP contribution in [0.4, 0.5) is 0 Å². The van der Waals surface area contributed by atoms with Crippen LogP contribution in [0.3, 0.4) is 0 Å². The monoisotopic (exact) mass is 1030 g/mol. The molecule has 16 heteroatoms. The van der Waals surface area contributed by atoms with Crippen LogP contribution in [0.2, 0.25) is 0 Å². The molecule has 0 aliphatic carbocycles. The summed E-state index contributed by atoms with van der Waals surface area (Å²) in [4.78, 5) is 73.5. The Labute approximate surface area is 451 Å². The van der Waals surface area contributed by atoms with Gasteiger partial charge in [0.25, 0.3) is 0 Å². The van der Waals surface area contributed by atoms with Crippen LogP contribution in [0.5, 0.6) is 0 Å². The standard InChI is InChI=1S/2C32H18N8/c2*1-2-10-18-17(9-1)25-33-26(18)38-28-21-13-5-6-14-22(21)30(35-28)40-32-24-16-8-7-15-23(24)31(36-32)39-29-20-12-4-3-11-19(20)27(34-29)37-25/h2*1-16H,(H2,33,34,35,36,37,38,39,40). The van der Waals surface area contributed by atoms with E-state index in [9.17, 15) is 0 Å². The number of hydrogen-bond acceptors (Lipinski definition) is 12. The summed E-state index contributed by atoms with van der Waals surface area (Å²) >= 11 is 0. The molecular weight excluding hydrogens is 993 g/mol. The van der Waals surface area contributed by atoms with Crippen molar-refractivity contribution in [3.8, 4) is 91.1 Å². The van der Waals surface area contributed by atoms with Crippen molar-refractivity contribution in [3.63, 3.8) is 0 Å². The highest BCUT2D eigenvalue weighted by Gasteiger charge is 2.24. The summed E-state index contributed by atoms with van der Waals surface area (Å²) in [6, 6.07) is 64.5. The molecule has 0 spiro atoms. The number of aromatic amines is 4. The molecule has 0 atom stereocenters. The van der Waals surface area contributed by atoms with E-state index in [4.69, 9.17) is 59.8 Å². The average Bonchev–Trinajstić information content (AvgIpc) is 4.44. The van der Waals surface area contributed by atoms with Gasteiger partial charge in [-0.2, -0.15) is 0 Å². The topological polar surface area (TPSA) is 218 Å². The van der Waals surface area contributed by atoms with Crippen molar-refractivity contribution >= 4 is 88.3 Å². The van der Waals surface area contributed by atoms with Gasteiger partial charge in [0.15, 0.2) is 46.6 Å². The molecule has 372 valence electrons. The first-order chi connectivity index (χ1) is 39.6. The Bertz CT molecular complexity index is 4390. The van der Waals surface area contributed by atoms with Gasteiger partial charge in [-0.05, 0) is 0 Å². The molecule has 4 aliphatic rings. The van der Waals surface area contributed by atoms with Crippen molar-refractivity contribution in [1.82, 2.24) is 79.7 Å². The first-order valence-corrected chi connectivity index (χ1v) is 26.0. The molecule has 6 aromatic heterocycles. The lowest BCUT2D eigenvalue weighted by atomic mass is 10.1. The van der Waals surface area contributed by atoms with Gasteiger partial charge in [0.2, 0.25) is 0 Å². The van der Waals surface area contributed by atoms with Gasteiger partial charge >= 0.3 is 0 Å². The molecule has 14 aromatic rings. The lowest BCUT2D eigenvalue weighted by molar-refractivity contribution is 1.19. The van der Waals surface area contributed by atoms with Crippen LogP contribution in [-0.4, -0.2) is 79.7 Å². The average molecular weight is 1030 g/mol. The van der Waals surface area contributed by atoms with Crippen LogP contribution in [0.15, 0.2) is 194 Å². The molecule has 18 rings (SSSR count). The number of benzene rings is 8. The van der Waals surface area contributed by atoms with Crippen molar-refractivity contribution in [2.75, 3.05) is 0 Å². The van der Waals surface area contributed by atoms with Gasteiger partial charge in [0.1, 0.15) is 45.2 Å². The van der Waals surface area contributed by atoms with Crippen molar-refractivity contribution in [1.29, 1.82) is 0 Å². The lowest BCUT2D eigenvalue weighted by Gasteiger charge is -1.96. The smallest absolute Gasteiger partial charge is 0.164 e. The first-order valence-electron chi connectivity index (χ1n) is 26.0. The van der Waals surface area contributed by atoms with Gasteiger partial charge in [0, 0.05) is 87.6 Å². The Morgan fingerprint density at radius 3 is 0.412 bits per heavy atom. The molecule has 16 bridgehead atoms. The SMILES string of the molecule is c1ccc2c(c1)-c1nc-2nc2[nH]c(nc3nc(nc4[nH]c(n1)c1ccccc41)-c1ccccc1-3)c1ccccc21.c1ccc2c(c1)-c1nc-2nc2[nH]c(nc3nc(nc4[nH]c(n1)c1ccccc41)-c1ccccc1-3)c1ccccc21. The van der Waals surface area contributed by atoms with Crippen LogP contribution < -0.4 is 0 Å². The fourth-order valence-electron chi connectivity index (χ4n) is 11.2. The van der Waals surface area contributed by atoms with E-state index in [2.05, 4.69) is 19.9 Å². The zero-order chi connectivity index (χ0) is 52.4. The van der Waals surface area contributed by atoms with Crippen molar-refractivity contribution in [2.45, 2.75) is 0 Å². The van der Waals surface area contributed by atoms with E-state index in [1.807, 2.05) is 194 Å². The summed E-state index contributed by atoms with van der Waals surface area (Å²) in [5.41, 5.74) is 12.9. The number of nitrogens with zero attached hydrogens (tertiary/aromatic N) is 12. The normalized spacial score (nSPS) is 12.0. The molecule has 8 aromatic carbocycles. The Hall–Kier alpha value is -11.5. The summed E-state index contributed by atoms with van der Waals surface area (Å²) < 4.78 is 0. The zero-order valence-electron chi connectivity index (χ0n) is 41.8. The molecule has 80 heavy (non-hydrogen) atoms. The van der Waals surface area contributed by atoms with Gasteiger partial charge in [-0.1, -0.05) is 194 Å². The highest BCUT2D eigenvalue weighted by molar-refractivity contribution is 6.08. The van der Waals surface area contributed by atoms with Crippen LogP contribution in [-0.2, 0) is 0 Å². The fraction of sp³-hybridized carbons (Fsp3) is 0. The van der Waals surface area contributed by atoms with Gasteiger partial charge in [-0.15, -0.1) is 0 Å². The van der Waals surface area contributed by atoms with Crippen LogP contribution in [0.1, 0.15) is 0 Å². The number of nitrogens with one attached hydrogen (secondary N) is 4. The van der Waals surface area contributed by atoms with E-state index in [1.54, 1.807) is 0 Å². The van der Waals surface area contributed by atoms with Gasteiger partial charge < -0.3 is 19.9 Å². The first kappa shape index (κ1) is 43.7. The molecular formula is C64H36N16. The molecule has 0 fully saturated rings. The quantitative estimate of drug-likeness (QED) is 0.112. The minimum atomic E-state index is 0.597. The van der Waals surface area contributed by atoms with Crippen LogP contribution in [0.25, 0.3) is 179 Å². The Morgan fingerprint density at radius 2 is 0.275 bits per heavy atom. The van der Waals surface area contributed by atoms with E-state index in [-0.39, 0.29) is 0 Å². The molecule has 10 heterocycles. The fourth-order valence-corrected chi connectivity index (χ4v) is 11.2. The third kappa shape index (κ3) is 6.82. The highest BCUT2D eigenvalue weighted by Crippen LogP contribution is 2.39. The van der Waals surface area contributed by atoms with Crippen molar-refractivity contribution in [2.24, 2.45) is 0 Å². The van der Waals surface area contributed by atoms with E-state index < -0.39 is 0 Å². The minimum Gasteiger partial charge on any atom is -0.324 e. The lowest BCUT2D eigenvalue weighted by Crippen LogP contribution is -1.83. The number of aromatic nitrogens is 16. The van der Waals surface area contributed by atoms with Gasteiger partial charge in [-0.3, -0.25) is 0 Å². The van der Waals surface area contributed by atoms with E-state index in [1.165, 1.54) is 0 Å². The van der Waals surface area contributed by atoms with E-state index in [0.717, 1.165) is 87.6 Å². The Morgan fingerprint density at radius 1 is 0.150 bits per heavy atom. The Kier molecular flexibility index (Phi) is 9.28. The predicted molar refractivity (Wildman–Crippen MR) is 312 cm³/mol. The molecule has 0 radical (unpaired) electrons. The number of hydrogen-bond donors (Lipinski definition) is 4. The number of H-pyrrole nitrogens is 4. The van der Waals surface area contributed by atoms with E-state index in [0.29, 0.717) is 91.8 Å².